The maximum atomic E-state index is 9.98. The van der Waals surface area contributed by atoms with Crippen molar-refractivity contribution >= 4 is 23.7 Å². The van der Waals surface area contributed by atoms with Crippen molar-refractivity contribution in [2.75, 3.05) is 11.5 Å². The number of carboxylic acid groups (broad SMARTS) is 2. The Morgan fingerprint density at radius 1 is 1.58 bits per heavy atom. The Morgan fingerprint density at radius 3 is 2.42 bits per heavy atom. The molecule has 1 atom stereocenters. The van der Waals surface area contributed by atoms with E-state index in [9.17, 15) is 14.7 Å². The van der Waals surface area contributed by atoms with Crippen molar-refractivity contribution in [3.63, 3.8) is 0 Å². The summed E-state index contributed by atoms with van der Waals surface area (Å²) in [6, 6.07) is -1.08. The number of aliphatic carboxylic acids is 2. The molecule has 0 unspecified atom stereocenters. The van der Waals surface area contributed by atoms with E-state index in [1.165, 1.54) is 0 Å². The van der Waals surface area contributed by atoms with Crippen LogP contribution >= 0.6 is 11.8 Å². The van der Waals surface area contributed by atoms with Gasteiger partial charge in [0.15, 0.2) is 0 Å². The summed E-state index contributed by atoms with van der Waals surface area (Å²) in [5, 5.41) is 18.1. The maximum absolute atomic E-state index is 9.98. The average molecular weight is 217 g/mol. The zero-order chi connectivity index (χ0) is 8.85. The summed E-state index contributed by atoms with van der Waals surface area (Å²) in [4.78, 5) is 19.9. The Morgan fingerprint density at radius 2 is 2.08 bits per heavy atom. The molecule has 12 heavy (non-hydrogen) atoms. The van der Waals surface area contributed by atoms with Crippen LogP contribution in [0.15, 0.2) is 0 Å². The van der Waals surface area contributed by atoms with Gasteiger partial charge in [0.1, 0.15) is 0 Å². The monoisotopic (exact) mass is 217 g/mol. The first-order valence-corrected chi connectivity index (χ1v) is 3.95. The Hall–Kier alpha value is 0.886. The predicted molar refractivity (Wildman–Crippen MR) is 37.9 cm³/mol. The van der Waals surface area contributed by atoms with E-state index in [0.717, 1.165) is 11.8 Å². The molecule has 0 aliphatic carbocycles. The third-order valence-electron chi connectivity index (χ3n) is 0.826. The second-order valence-corrected chi connectivity index (χ2v) is 2.86. The Bertz CT molecular complexity index is 166. The van der Waals surface area contributed by atoms with Gasteiger partial charge in [-0.2, -0.15) is 0 Å². The molecule has 0 aromatic carbocycles. The summed E-state index contributed by atoms with van der Waals surface area (Å²) in [6.45, 7) is 0. The minimum Gasteiger partial charge on any atom is -0.548 e. The molecule has 0 saturated heterocycles. The first kappa shape index (κ1) is 15.4. The van der Waals surface area contributed by atoms with Gasteiger partial charge in [-0.3, -0.25) is 4.79 Å². The number of thioether (sulfide) groups is 1. The molecule has 0 amide bonds. The Labute approximate surface area is 116 Å². The summed E-state index contributed by atoms with van der Waals surface area (Å²) in [5.41, 5.74) is 5.03. The van der Waals surface area contributed by atoms with Crippen LogP contribution in [0.25, 0.3) is 0 Å². The van der Waals surface area contributed by atoms with Crippen molar-refractivity contribution in [2.45, 2.75) is 6.04 Å². The third kappa shape index (κ3) is 8.98. The second kappa shape index (κ2) is 8.48. The van der Waals surface area contributed by atoms with E-state index < -0.39 is 18.0 Å². The smallest absolute Gasteiger partial charge is 0.548 e. The first-order valence-electron chi connectivity index (χ1n) is 2.80. The molecule has 0 saturated carbocycles. The molecular formula is C5H8KNO4S. The van der Waals surface area contributed by atoms with Crippen LogP contribution in [0.4, 0.5) is 0 Å². The van der Waals surface area contributed by atoms with Crippen molar-refractivity contribution in [1.29, 1.82) is 0 Å². The molecule has 64 valence electrons. The zero-order valence-corrected chi connectivity index (χ0v) is 10.6. The van der Waals surface area contributed by atoms with Crippen molar-refractivity contribution < 1.29 is 71.2 Å². The van der Waals surface area contributed by atoms with Crippen LogP contribution < -0.4 is 62.2 Å². The Kier molecular flexibility index (Phi) is 10.9. The topological polar surface area (TPSA) is 103 Å². The van der Waals surface area contributed by atoms with E-state index in [0.29, 0.717) is 0 Å². The summed E-state index contributed by atoms with van der Waals surface area (Å²) in [7, 11) is 0. The summed E-state index contributed by atoms with van der Waals surface area (Å²) < 4.78 is 0. The van der Waals surface area contributed by atoms with Crippen molar-refractivity contribution in [3.05, 3.63) is 0 Å². The molecule has 5 nitrogen and oxygen atoms in total. The average Bonchev–Trinajstić information content (AvgIpc) is 1.86. The fourth-order valence-electron chi connectivity index (χ4n) is 0.341. The van der Waals surface area contributed by atoms with Gasteiger partial charge in [-0.25, -0.2) is 0 Å². The fourth-order valence-corrected chi connectivity index (χ4v) is 1.02. The second-order valence-electron chi connectivity index (χ2n) is 1.83. The van der Waals surface area contributed by atoms with Gasteiger partial charge in [0.05, 0.1) is 17.8 Å². The molecule has 0 aromatic heterocycles. The van der Waals surface area contributed by atoms with E-state index in [1.54, 1.807) is 0 Å². The molecule has 0 radical (unpaired) electrons. The molecule has 0 fully saturated rings. The summed E-state index contributed by atoms with van der Waals surface area (Å²) >= 11 is 0.952. The van der Waals surface area contributed by atoms with Crippen LogP contribution in [0.2, 0.25) is 0 Å². The number of carboxylic acids is 2. The largest absolute Gasteiger partial charge is 1.00 e. The molecule has 0 aliphatic heterocycles. The van der Waals surface area contributed by atoms with Gasteiger partial charge < -0.3 is 20.7 Å². The minimum absolute atomic E-state index is 0. The molecule has 3 N–H and O–H groups in total. The number of hydrogen-bond donors (Lipinski definition) is 2. The van der Waals surface area contributed by atoms with Gasteiger partial charge in [0.2, 0.25) is 0 Å². The van der Waals surface area contributed by atoms with E-state index >= 15 is 0 Å². The van der Waals surface area contributed by atoms with E-state index in [1.807, 2.05) is 0 Å². The van der Waals surface area contributed by atoms with Gasteiger partial charge >= 0.3 is 57.4 Å². The van der Waals surface area contributed by atoms with Crippen LogP contribution in [-0.2, 0) is 9.59 Å². The maximum Gasteiger partial charge on any atom is 1.00 e. The van der Waals surface area contributed by atoms with Crippen LogP contribution in [-0.4, -0.2) is 34.6 Å². The van der Waals surface area contributed by atoms with Crippen LogP contribution in [0.1, 0.15) is 0 Å². The number of nitrogens with two attached hydrogens (primary N) is 1. The molecule has 0 heterocycles. The minimum atomic E-state index is -1.36. The first-order chi connectivity index (χ1) is 5.04. The van der Waals surface area contributed by atoms with Crippen LogP contribution in [0.5, 0.6) is 0 Å². The van der Waals surface area contributed by atoms with Gasteiger partial charge in [-0.15, -0.1) is 11.8 Å². The van der Waals surface area contributed by atoms with Gasteiger partial charge in [-0.1, -0.05) is 0 Å². The predicted octanol–water partition coefficient (Wildman–Crippen LogP) is -5.11. The summed E-state index contributed by atoms with van der Waals surface area (Å²) in [5.74, 6) is -2.42. The van der Waals surface area contributed by atoms with Crippen molar-refractivity contribution in [2.24, 2.45) is 5.73 Å². The molecule has 0 bridgehead atoms. The quantitative estimate of drug-likeness (QED) is 0.446. The molecule has 7 heteroatoms. The number of carbonyl (C=O) groups excluding carboxylic acids is 1. The fraction of sp³-hybridized carbons (Fsp3) is 0.600. The number of carbonyl (C=O) groups is 2. The van der Waals surface area contributed by atoms with E-state index in [2.05, 4.69) is 0 Å². The van der Waals surface area contributed by atoms with Crippen LogP contribution in [0.3, 0.4) is 0 Å². The number of hydrogen-bond acceptors (Lipinski definition) is 5. The standard InChI is InChI=1S/C5H9NO4S.K/c6-3(5(9)10)1-11-2-4(7)8;/h3H,1-2,6H2,(H,7,8)(H,9,10);/q;+1/p-1/t3-;/m1./s1. The van der Waals surface area contributed by atoms with Gasteiger partial charge in [0.25, 0.3) is 0 Å². The SMILES string of the molecule is N[C@H](CSCC(=O)O)C(=O)[O-].[K+]. The van der Waals surface area contributed by atoms with Gasteiger partial charge in [0, 0.05) is 5.75 Å². The van der Waals surface area contributed by atoms with Crippen molar-refractivity contribution in [1.82, 2.24) is 0 Å². The molecule has 0 aliphatic rings. The zero-order valence-electron chi connectivity index (χ0n) is 6.65. The molecule has 0 rings (SSSR count). The van der Waals surface area contributed by atoms with Crippen molar-refractivity contribution in [3.8, 4) is 0 Å². The van der Waals surface area contributed by atoms with Gasteiger partial charge in [-0.05, 0) is 0 Å². The molecule has 0 aromatic rings. The van der Waals surface area contributed by atoms with E-state index in [-0.39, 0.29) is 62.9 Å². The molecular weight excluding hydrogens is 209 g/mol. The molecule has 0 spiro atoms. The normalized spacial score (nSPS) is 11.4. The van der Waals surface area contributed by atoms with E-state index in [4.69, 9.17) is 10.8 Å². The van der Waals surface area contributed by atoms with Crippen LogP contribution in [0, 0.1) is 0 Å². The number of rotatable bonds is 5. The third-order valence-corrected chi connectivity index (χ3v) is 1.87. The summed E-state index contributed by atoms with van der Waals surface area (Å²) in [6.07, 6.45) is 0. The Balaban J connectivity index is 0.